The van der Waals surface area contributed by atoms with Crippen LogP contribution in [0.5, 0.6) is 0 Å². The molecule has 0 aromatic heterocycles. The smallest absolute Gasteiger partial charge is 0.377 e. The van der Waals surface area contributed by atoms with E-state index >= 15 is 0 Å². The van der Waals surface area contributed by atoms with Crippen LogP contribution in [0.2, 0.25) is 0 Å². The van der Waals surface area contributed by atoms with Crippen molar-refractivity contribution in [2.45, 2.75) is 24.0 Å². The van der Waals surface area contributed by atoms with E-state index in [2.05, 4.69) is 0 Å². The fourth-order valence-corrected chi connectivity index (χ4v) is 7.67. The summed E-state index contributed by atoms with van der Waals surface area (Å²) in [5.74, 6) is -3.63. The Hall–Kier alpha value is -0.710. The van der Waals surface area contributed by atoms with E-state index < -0.39 is 17.5 Å². The van der Waals surface area contributed by atoms with Crippen LogP contribution in [0.3, 0.4) is 0 Å². The van der Waals surface area contributed by atoms with Crippen LogP contribution in [-0.2, 0) is 9.53 Å². The van der Waals surface area contributed by atoms with Crippen molar-refractivity contribution in [1.29, 1.82) is 0 Å². The lowest BCUT2D eigenvalue weighted by molar-refractivity contribution is -0.222. The first-order valence-corrected chi connectivity index (χ1v) is 6.81. The van der Waals surface area contributed by atoms with E-state index in [1.165, 1.54) is 0 Å². The van der Waals surface area contributed by atoms with Crippen LogP contribution in [0.15, 0.2) is 0 Å². The fourth-order valence-electron chi connectivity index (χ4n) is 7.67. The van der Waals surface area contributed by atoms with Gasteiger partial charge >= 0.3 is 11.9 Å². The summed E-state index contributed by atoms with van der Waals surface area (Å²) >= 11 is 0. The first kappa shape index (κ1) is 9.23. The topological polar surface area (TPSA) is 46.5 Å². The molecule has 2 heterocycles. The van der Waals surface area contributed by atoms with Gasteiger partial charge in [0.25, 0.3) is 0 Å². The number of ether oxygens (including phenoxy) is 1. The second-order valence-corrected chi connectivity index (χ2v) is 7.18. The molecule has 4 bridgehead atoms. The predicted octanol–water partition coefficient (Wildman–Crippen LogP) is 1.23. The molecule has 18 heavy (non-hydrogen) atoms. The van der Waals surface area contributed by atoms with E-state index in [0.29, 0.717) is 23.7 Å². The number of carboxylic acids is 1. The number of rotatable bonds is 2. The van der Waals surface area contributed by atoms with Crippen molar-refractivity contribution < 1.29 is 23.4 Å². The maximum atomic E-state index is 14.3. The molecule has 5 saturated carbocycles. The van der Waals surface area contributed by atoms with Gasteiger partial charge < -0.3 is 9.84 Å². The lowest BCUT2D eigenvalue weighted by Gasteiger charge is -2.46. The van der Waals surface area contributed by atoms with Crippen LogP contribution in [0.25, 0.3) is 0 Å². The van der Waals surface area contributed by atoms with Crippen LogP contribution >= 0.6 is 0 Å². The Kier molecular flexibility index (Phi) is 1.04. The van der Waals surface area contributed by atoms with Crippen LogP contribution in [0, 0.1) is 47.3 Å². The highest BCUT2D eigenvalue weighted by molar-refractivity contribution is 5.78. The van der Waals surface area contributed by atoms with Crippen LogP contribution in [0.1, 0.15) is 6.42 Å². The van der Waals surface area contributed by atoms with Gasteiger partial charge in [0.2, 0.25) is 0 Å². The molecule has 2 saturated heterocycles. The zero-order valence-electron chi connectivity index (χ0n) is 9.42. The minimum atomic E-state index is -3.71. The van der Waals surface area contributed by atoms with Gasteiger partial charge in [-0.15, -0.1) is 0 Å². The van der Waals surface area contributed by atoms with Gasteiger partial charge in [0.1, 0.15) is 0 Å². The molecule has 7 fully saturated rings. The van der Waals surface area contributed by atoms with Crippen molar-refractivity contribution in [3.05, 3.63) is 0 Å². The molecular weight excluding hydrogens is 242 g/mol. The molecular formula is C13H12F2O3. The van der Waals surface area contributed by atoms with E-state index in [9.17, 15) is 13.6 Å². The zero-order chi connectivity index (χ0) is 12.2. The minimum absolute atomic E-state index is 0.0380. The van der Waals surface area contributed by atoms with Crippen molar-refractivity contribution in [1.82, 2.24) is 0 Å². The molecule has 10 unspecified atom stereocenters. The third-order valence-electron chi connectivity index (χ3n) is 7.46. The summed E-state index contributed by atoms with van der Waals surface area (Å²) in [6.07, 6.45) is 1.03. The highest BCUT2D eigenvalue weighted by Crippen LogP contribution is 2.91. The molecule has 0 amide bonds. The lowest BCUT2D eigenvalue weighted by atomic mass is 9.56. The zero-order valence-corrected chi connectivity index (χ0v) is 9.42. The normalized spacial score (nSPS) is 71.6. The van der Waals surface area contributed by atoms with Gasteiger partial charge in [-0.25, -0.2) is 4.79 Å². The predicted molar refractivity (Wildman–Crippen MR) is 52.7 cm³/mol. The number of carboxylic acid groups (broad SMARTS) is 1. The van der Waals surface area contributed by atoms with Gasteiger partial charge in [-0.2, -0.15) is 8.78 Å². The quantitative estimate of drug-likeness (QED) is 0.806. The van der Waals surface area contributed by atoms with Crippen molar-refractivity contribution >= 4 is 5.97 Å². The Bertz CT molecular complexity index is 524. The summed E-state index contributed by atoms with van der Waals surface area (Å²) in [4.78, 5) is 11.0. The number of carbonyl (C=O) groups is 1. The van der Waals surface area contributed by atoms with Crippen molar-refractivity contribution in [2.75, 3.05) is 0 Å². The second kappa shape index (κ2) is 2.03. The highest BCUT2D eigenvalue weighted by atomic mass is 19.3. The van der Waals surface area contributed by atoms with Gasteiger partial charge in [-0.05, 0) is 41.9 Å². The molecule has 5 aliphatic carbocycles. The van der Waals surface area contributed by atoms with Crippen LogP contribution < -0.4 is 0 Å². The van der Waals surface area contributed by atoms with E-state index in [1.807, 2.05) is 0 Å². The molecule has 96 valence electrons. The molecule has 5 heteroatoms. The molecule has 10 atom stereocenters. The molecule has 7 rings (SSSR count). The molecule has 0 spiro atoms. The van der Waals surface area contributed by atoms with Gasteiger partial charge in [0, 0.05) is 11.8 Å². The second-order valence-electron chi connectivity index (χ2n) is 7.18. The highest BCUT2D eigenvalue weighted by Gasteiger charge is 2.97. The van der Waals surface area contributed by atoms with Crippen molar-refractivity contribution in [3.63, 3.8) is 0 Å². The number of aliphatic carboxylic acids is 1. The minimum Gasteiger partial charge on any atom is -0.477 e. The van der Waals surface area contributed by atoms with E-state index in [0.717, 1.165) is 6.42 Å². The summed E-state index contributed by atoms with van der Waals surface area (Å²) in [7, 11) is 0. The Labute approximate surface area is 101 Å². The van der Waals surface area contributed by atoms with Crippen LogP contribution in [0.4, 0.5) is 8.78 Å². The largest absolute Gasteiger partial charge is 0.477 e. The van der Waals surface area contributed by atoms with Crippen LogP contribution in [-0.4, -0.2) is 28.7 Å². The van der Waals surface area contributed by atoms with Crippen molar-refractivity contribution in [3.8, 4) is 0 Å². The Morgan fingerprint density at radius 1 is 1.17 bits per heavy atom. The molecule has 7 aliphatic rings. The molecule has 3 nitrogen and oxygen atoms in total. The summed E-state index contributed by atoms with van der Waals surface area (Å²) in [6.45, 7) is 0. The Morgan fingerprint density at radius 2 is 1.94 bits per heavy atom. The van der Waals surface area contributed by atoms with Gasteiger partial charge in [0.05, 0.1) is 6.10 Å². The van der Waals surface area contributed by atoms with Crippen molar-refractivity contribution in [2.24, 2.45) is 47.3 Å². The van der Waals surface area contributed by atoms with Gasteiger partial charge in [0.15, 0.2) is 5.60 Å². The monoisotopic (exact) mass is 254 g/mol. The van der Waals surface area contributed by atoms with E-state index in [-0.39, 0.29) is 29.8 Å². The SMILES string of the molecule is O=C(O)C(F)(F)C12OC3C4C5CC(C6C5C3C61)C42. The third kappa shape index (κ3) is 0.497. The average molecular weight is 254 g/mol. The molecule has 1 N–H and O–H groups in total. The average Bonchev–Trinajstić information content (AvgIpc) is 2.86. The number of alkyl halides is 2. The first-order valence-electron chi connectivity index (χ1n) is 6.81. The van der Waals surface area contributed by atoms with E-state index in [1.54, 1.807) is 0 Å². The summed E-state index contributed by atoms with van der Waals surface area (Å²) in [6, 6.07) is 0. The molecule has 0 aromatic carbocycles. The fraction of sp³-hybridized carbons (Fsp3) is 0.923. The molecule has 0 aromatic rings. The lowest BCUT2D eigenvalue weighted by Crippen LogP contribution is -2.61. The third-order valence-corrected chi connectivity index (χ3v) is 7.46. The number of halogens is 2. The summed E-state index contributed by atoms with van der Waals surface area (Å²) in [5, 5.41) is 8.95. The summed E-state index contributed by atoms with van der Waals surface area (Å²) in [5.41, 5.74) is -1.63. The molecule has 2 aliphatic heterocycles. The van der Waals surface area contributed by atoms with Gasteiger partial charge in [-0.1, -0.05) is 0 Å². The van der Waals surface area contributed by atoms with Gasteiger partial charge in [-0.3, -0.25) is 0 Å². The Morgan fingerprint density at radius 3 is 2.67 bits per heavy atom. The Balaban J connectivity index is 1.65. The number of hydrogen-bond acceptors (Lipinski definition) is 2. The van der Waals surface area contributed by atoms with E-state index in [4.69, 9.17) is 9.84 Å². The summed E-state index contributed by atoms with van der Waals surface area (Å²) < 4.78 is 34.4. The maximum Gasteiger partial charge on any atom is 0.377 e. The first-order chi connectivity index (χ1) is 8.52. The maximum absolute atomic E-state index is 14.3. The standard InChI is InChI=1S/C13H12F2O3/c14-13(15,11(16)17)12-8-3-1-2-4-5(3)9(12)7(4)10(18-12)6(2)8/h2-10H,1H2,(H,16,17). The molecule has 0 radical (unpaired) electrons. The number of hydrogen-bond donors (Lipinski definition) is 1.